The minimum absolute atomic E-state index is 0.0175. The summed E-state index contributed by atoms with van der Waals surface area (Å²) in [7, 11) is 0. The number of carbonyl (C=O) groups is 1. The van der Waals surface area contributed by atoms with Crippen LogP contribution >= 0.6 is 11.8 Å². The van der Waals surface area contributed by atoms with Crippen LogP contribution in [0.5, 0.6) is 0 Å². The Labute approximate surface area is 172 Å². The zero-order chi connectivity index (χ0) is 20.2. The number of H-pyrrole nitrogens is 2. The van der Waals surface area contributed by atoms with E-state index in [0.717, 1.165) is 29.3 Å². The largest absolute Gasteiger partial charge is 0.360 e. The number of thioether (sulfide) groups is 1. The third-order valence-corrected chi connectivity index (χ3v) is 6.12. The quantitative estimate of drug-likeness (QED) is 0.332. The van der Waals surface area contributed by atoms with Crippen molar-refractivity contribution in [3.8, 4) is 0 Å². The van der Waals surface area contributed by atoms with Crippen LogP contribution in [0.25, 0.3) is 10.9 Å². The predicted octanol–water partition coefficient (Wildman–Crippen LogP) is 4.57. The highest BCUT2D eigenvalue weighted by Crippen LogP contribution is 2.37. The zero-order valence-corrected chi connectivity index (χ0v) is 16.9. The first-order valence-electron chi connectivity index (χ1n) is 9.66. The van der Waals surface area contributed by atoms with Gasteiger partial charge in [-0.05, 0) is 18.1 Å². The zero-order valence-electron chi connectivity index (χ0n) is 16.1. The van der Waals surface area contributed by atoms with E-state index in [0.29, 0.717) is 17.3 Å². The Bertz CT molecular complexity index is 1180. The van der Waals surface area contributed by atoms with Crippen LogP contribution in [0, 0.1) is 0 Å². The summed E-state index contributed by atoms with van der Waals surface area (Å²) in [5.74, 6) is -0.0175. The fourth-order valence-corrected chi connectivity index (χ4v) is 4.47. The monoisotopic (exact) mass is 406 g/mol. The first kappa shape index (κ1) is 19.3. The summed E-state index contributed by atoms with van der Waals surface area (Å²) in [6, 6.07) is 17.4. The van der Waals surface area contributed by atoms with E-state index >= 15 is 0 Å². The number of aromatic nitrogens is 4. The number of para-hydroxylation sites is 1. The van der Waals surface area contributed by atoms with Gasteiger partial charge in [0.25, 0.3) is 0 Å². The molecule has 0 aliphatic rings. The van der Waals surface area contributed by atoms with E-state index < -0.39 is 5.25 Å². The third-order valence-electron chi connectivity index (χ3n) is 4.88. The molecule has 29 heavy (non-hydrogen) atoms. The number of nitrogens with one attached hydrogen (secondary N) is 2. The molecule has 1 unspecified atom stereocenters. The van der Waals surface area contributed by atoms with Gasteiger partial charge in [0.1, 0.15) is 5.25 Å². The molecule has 0 amide bonds. The van der Waals surface area contributed by atoms with Crippen molar-refractivity contribution < 1.29 is 4.79 Å². The Morgan fingerprint density at radius 1 is 1.14 bits per heavy atom. The number of ketones is 1. The minimum Gasteiger partial charge on any atom is -0.360 e. The van der Waals surface area contributed by atoms with E-state index in [1.54, 1.807) is 10.8 Å². The smallest absolute Gasteiger partial charge is 0.343 e. The van der Waals surface area contributed by atoms with Gasteiger partial charge in [0.2, 0.25) is 0 Å². The molecule has 0 aliphatic carbocycles. The summed E-state index contributed by atoms with van der Waals surface area (Å²) in [6.07, 6.45) is 3.61. The van der Waals surface area contributed by atoms with Gasteiger partial charge in [0.15, 0.2) is 10.9 Å². The molecule has 0 saturated carbocycles. The van der Waals surface area contributed by atoms with Gasteiger partial charge in [-0.2, -0.15) is 0 Å². The SMILES string of the molecule is CCCCn1c(SC(C(=O)c2c[nH]c3ccccc23)c2ccccc2)n[nH]c1=O. The molecule has 7 heteroatoms. The highest BCUT2D eigenvalue weighted by atomic mass is 32.2. The third kappa shape index (κ3) is 3.91. The van der Waals surface area contributed by atoms with Crippen LogP contribution in [0.15, 0.2) is 70.7 Å². The summed E-state index contributed by atoms with van der Waals surface area (Å²) in [5, 5.41) is 7.63. The summed E-state index contributed by atoms with van der Waals surface area (Å²) in [4.78, 5) is 28.9. The Morgan fingerprint density at radius 2 is 1.90 bits per heavy atom. The molecule has 2 aromatic heterocycles. The molecule has 4 rings (SSSR count). The number of hydrogen-bond acceptors (Lipinski definition) is 4. The van der Waals surface area contributed by atoms with Crippen molar-refractivity contribution in [1.29, 1.82) is 0 Å². The fraction of sp³-hybridized carbons (Fsp3) is 0.227. The molecule has 2 N–H and O–H groups in total. The lowest BCUT2D eigenvalue weighted by molar-refractivity contribution is 0.0991. The van der Waals surface area contributed by atoms with Crippen molar-refractivity contribution in [3.05, 3.63) is 82.4 Å². The van der Waals surface area contributed by atoms with Gasteiger partial charge in [-0.1, -0.05) is 73.6 Å². The van der Waals surface area contributed by atoms with Crippen molar-refractivity contribution in [3.63, 3.8) is 0 Å². The van der Waals surface area contributed by atoms with E-state index in [4.69, 9.17) is 0 Å². The van der Waals surface area contributed by atoms with Crippen molar-refractivity contribution in [2.24, 2.45) is 0 Å². The molecule has 0 aliphatic heterocycles. The molecule has 1 atom stereocenters. The Kier molecular flexibility index (Phi) is 5.67. The normalized spacial score (nSPS) is 12.3. The Balaban J connectivity index is 1.74. The number of fused-ring (bicyclic) bond motifs is 1. The second-order valence-corrected chi connectivity index (χ2v) is 7.91. The van der Waals surface area contributed by atoms with Gasteiger partial charge >= 0.3 is 5.69 Å². The number of benzene rings is 2. The molecule has 0 radical (unpaired) electrons. The van der Waals surface area contributed by atoms with Gasteiger partial charge < -0.3 is 4.98 Å². The van der Waals surface area contributed by atoms with Gasteiger partial charge in [0, 0.05) is 29.2 Å². The second kappa shape index (κ2) is 8.53. The van der Waals surface area contributed by atoms with Crippen LogP contribution in [0.3, 0.4) is 0 Å². The molecule has 2 aromatic carbocycles. The van der Waals surface area contributed by atoms with E-state index in [1.165, 1.54) is 11.8 Å². The molecule has 0 fully saturated rings. The predicted molar refractivity (Wildman–Crippen MR) is 115 cm³/mol. The summed E-state index contributed by atoms with van der Waals surface area (Å²) in [6.45, 7) is 2.65. The fourth-order valence-electron chi connectivity index (χ4n) is 3.33. The highest BCUT2D eigenvalue weighted by Gasteiger charge is 2.27. The van der Waals surface area contributed by atoms with E-state index in [2.05, 4.69) is 22.1 Å². The molecule has 4 aromatic rings. The average Bonchev–Trinajstić information content (AvgIpc) is 3.34. The molecule has 2 heterocycles. The number of unbranched alkanes of at least 4 members (excludes halogenated alkanes) is 1. The maximum Gasteiger partial charge on any atom is 0.343 e. The maximum atomic E-state index is 13.6. The Hall–Kier alpha value is -3.06. The first-order valence-corrected chi connectivity index (χ1v) is 10.5. The summed E-state index contributed by atoms with van der Waals surface area (Å²) >= 11 is 1.31. The van der Waals surface area contributed by atoms with Crippen molar-refractivity contribution >= 4 is 28.4 Å². The standard InChI is InChI=1S/C22H22N4O2S/c1-2-3-13-26-21(28)24-25-22(26)29-20(15-9-5-4-6-10-15)19(27)17-14-23-18-12-8-7-11-16(17)18/h4-12,14,20,23H,2-3,13H2,1H3,(H,24,28). The highest BCUT2D eigenvalue weighted by molar-refractivity contribution is 8.00. The van der Waals surface area contributed by atoms with Crippen LogP contribution in [0.4, 0.5) is 0 Å². The summed E-state index contributed by atoms with van der Waals surface area (Å²) in [5.41, 5.74) is 2.20. The molecule has 0 spiro atoms. The number of Topliss-reactive ketones (excluding diaryl/α,β-unsaturated/α-hetero) is 1. The van der Waals surface area contributed by atoms with Gasteiger partial charge in [-0.15, -0.1) is 5.10 Å². The van der Waals surface area contributed by atoms with Crippen molar-refractivity contribution in [2.75, 3.05) is 0 Å². The molecular weight excluding hydrogens is 384 g/mol. The lowest BCUT2D eigenvalue weighted by Gasteiger charge is -2.15. The van der Waals surface area contributed by atoms with Crippen LogP contribution in [-0.4, -0.2) is 25.5 Å². The summed E-state index contributed by atoms with van der Waals surface area (Å²) < 4.78 is 1.62. The first-order chi connectivity index (χ1) is 14.2. The molecule has 0 saturated heterocycles. The van der Waals surface area contributed by atoms with Crippen LogP contribution in [0.2, 0.25) is 0 Å². The van der Waals surface area contributed by atoms with Crippen molar-refractivity contribution in [1.82, 2.24) is 19.7 Å². The lowest BCUT2D eigenvalue weighted by atomic mass is 10.0. The number of rotatable bonds is 8. The van der Waals surface area contributed by atoms with Crippen LogP contribution in [-0.2, 0) is 6.54 Å². The molecule has 6 nitrogen and oxygen atoms in total. The van der Waals surface area contributed by atoms with Gasteiger partial charge in [-0.3, -0.25) is 9.36 Å². The number of carbonyl (C=O) groups excluding carboxylic acids is 1. The van der Waals surface area contributed by atoms with E-state index in [1.807, 2.05) is 54.6 Å². The van der Waals surface area contributed by atoms with Crippen LogP contribution in [0.1, 0.15) is 40.9 Å². The lowest BCUT2D eigenvalue weighted by Crippen LogP contribution is -2.18. The molecule has 0 bridgehead atoms. The topological polar surface area (TPSA) is 83.5 Å². The van der Waals surface area contributed by atoms with Gasteiger partial charge in [-0.25, -0.2) is 9.89 Å². The maximum absolute atomic E-state index is 13.6. The average molecular weight is 407 g/mol. The van der Waals surface area contributed by atoms with Crippen molar-refractivity contribution in [2.45, 2.75) is 36.7 Å². The van der Waals surface area contributed by atoms with E-state index in [-0.39, 0.29) is 11.5 Å². The second-order valence-electron chi connectivity index (χ2n) is 6.84. The van der Waals surface area contributed by atoms with E-state index in [9.17, 15) is 9.59 Å². The minimum atomic E-state index is -0.508. The molecule has 148 valence electrons. The number of nitrogens with zero attached hydrogens (tertiary/aromatic N) is 2. The molecular formula is C22H22N4O2S. The number of aromatic amines is 2. The Morgan fingerprint density at radius 3 is 2.69 bits per heavy atom. The number of hydrogen-bond donors (Lipinski definition) is 2. The van der Waals surface area contributed by atoms with Crippen LogP contribution < -0.4 is 5.69 Å². The van der Waals surface area contributed by atoms with Gasteiger partial charge in [0.05, 0.1) is 0 Å².